The van der Waals surface area contributed by atoms with Crippen molar-refractivity contribution in [1.82, 2.24) is 5.32 Å². The molecule has 32 heavy (non-hydrogen) atoms. The number of anilines is 1. The van der Waals surface area contributed by atoms with Crippen LogP contribution in [-0.2, 0) is 20.6 Å². The van der Waals surface area contributed by atoms with Crippen LogP contribution in [0.15, 0.2) is 42.5 Å². The lowest BCUT2D eigenvalue weighted by Crippen LogP contribution is -2.40. The Labute approximate surface area is 190 Å². The van der Waals surface area contributed by atoms with Crippen LogP contribution in [0.25, 0.3) is 0 Å². The van der Waals surface area contributed by atoms with Gasteiger partial charge in [-0.05, 0) is 35.9 Å². The largest absolute Gasteiger partial charge is 0.495 e. The summed E-state index contributed by atoms with van der Waals surface area (Å²) in [6, 6.07) is 9.76. The van der Waals surface area contributed by atoms with Crippen molar-refractivity contribution in [3.8, 4) is 5.75 Å². The minimum atomic E-state index is -3.92. The van der Waals surface area contributed by atoms with E-state index in [4.69, 9.17) is 4.74 Å². The van der Waals surface area contributed by atoms with Gasteiger partial charge >= 0.3 is 0 Å². The van der Waals surface area contributed by atoms with Crippen molar-refractivity contribution in [3.05, 3.63) is 64.0 Å². The lowest BCUT2D eigenvalue weighted by molar-refractivity contribution is -0.384. The zero-order valence-electron chi connectivity index (χ0n) is 17.6. The Balaban J connectivity index is 1.91. The molecule has 0 saturated carbocycles. The highest BCUT2D eigenvalue weighted by Crippen LogP contribution is 2.33. The maximum Gasteiger partial charge on any atom is 0.271 e. The fourth-order valence-electron chi connectivity index (χ4n) is 2.73. The monoisotopic (exact) mass is 485 g/mol. The Morgan fingerprint density at radius 1 is 1.25 bits per heavy atom. The summed E-state index contributed by atoms with van der Waals surface area (Å²) >= 11 is 1.63. The number of nitrogens with one attached hydrogen (secondary N) is 1. The quantitative estimate of drug-likeness (QED) is 0.279. The fourth-order valence-corrected chi connectivity index (χ4v) is 4.50. The number of carbonyl (C=O) groups excluding carboxylic acids is 1. The maximum absolute atomic E-state index is 12.9. The Morgan fingerprint density at radius 2 is 1.94 bits per heavy atom. The number of ether oxygens (including phenoxy) is 1. The second-order valence-corrected chi connectivity index (χ2v) is 9.78. The smallest absolute Gasteiger partial charge is 0.271 e. The molecule has 0 fully saturated rings. The molecule has 2 rings (SSSR count). The van der Waals surface area contributed by atoms with Crippen molar-refractivity contribution in [1.29, 1.82) is 0 Å². The summed E-state index contributed by atoms with van der Waals surface area (Å²) in [5, 5.41) is 13.7. The fraction of sp³-hybridized carbons (Fsp3) is 0.350. The normalized spacial score (nSPS) is 11.1. The number of hydrogen-bond acceptors (Lipinski definition) is 7. The number of nitro groups is 1. The van der Waals surface area contributed by atoms with Gasteiger partial charge in [0.25, 0.3) is 5.69 Å². The maximum atomic E-state index is 12.9. The van der Waals surface area contributed by atoms with Gasteiger partial charge in [0.1, 0.15) is 23.8 Å². The number of thioether (sulfide) groups is 1. The van der Waals surface area contributed by atoms with Gasteiger partial charge in [-0.1, -0.05) is 12.1 Å². The highest BCUT2D eigenvalue weighted by molar-refractivity contribution is 7.98. The van der Waals surface area contributed by atoms with Gasteiger partial charge in [-0.15, -0.1) is 0 Å². The highest BCUT2D eigenvalue weighted by Gasteiger charge is 2.26. The van der Waals surface area contributed by atoms with Crippen molar-refractivity contribution in [3.63, 3.8) is 0 Å². The molecule has 0 aromatic heterocycles. The van der Waals surface area contributed by atoms with E-state index < -0.39 is 27.4 Å². The molecule has 12 heteroatoms. The van der Waals surface area contributed by atoms with E-state index in [0.29, 0.717) is 18.7 Å². The molecule has 2 aromatic rings. The van der Waals surface area contributed by atoms with Crippen LogP contribution in [0.4, 0.5) is 15.8 Å². The minimum absolute atomic E-state index is 0.0887. The first-order valence-corrected chi connectivity index (χ1v) is 12.5. The first-order chi connectivity index (χ1) is 15.1. The number of benzene rings is 2. The van der Waals surface area contributed by atoms with Crippen LogP contribution >= 0.6 is 11.8 Å². The third-order valence-electron chi connectivity index (χ3n) is 4.30. The predicted molar refractivity (Wildman–Crippen MR) is 122 cm³/mol. The number of rotatable bonds is 12. The second-order valence-electron chi connectivity index (χ2n) is 6.77. The Morgan fingerprint density at radius 3 is 2.53 bits per heavy atom. The number of halogens is 1. The van der Waals surface area contributed by atoms with Crippen molar-refractivity contribution >= 4 is 39.1 Å². The molecule has 0 aliphatic rings. The lowest BCUT2D eigenvalue weighted by Gasteiger charge is -2.23. The summed E-state index contributed by atoms with van der Waals surface area (Å²) in [5.74, 6) is 0.709. The van der Waals surface area contributed by atoms with E-state index in [0.717, 1.165) is 27.9 Å². The third kappa shape index (κ3) is 7.68. The number of methoxy groups -OCH3 is 1. The summed E-state index contributed by atoms with van der Waals surface area (Å²) in [4.78, 5) is 22.8. The average Bonchev–Trinajstić information content (AvgIpc) is 2.74. The van der Waals surface area contributed by atoms with E-state index in [9.17, 15) is 27.7 Å². The zero-order chi connectivity index (χ0) is 23.7. The van der Waals surface area contributed by atoms with Crippen molar-refractivity contribution < 1.29 is 27.3 Å². The molecule has 0 saturated heterocycles. The standard InChI is InChI=1S/C20H24FN3O6S2/c1-30-19-9-8-17(24(26)27)12-18(19)23(32(2,28)29)13-20(25)22-10-3-11-31-14-15-4-6-16(21)7-5-15/h4-9,12H,3,10-11,13-14H2,1-2H3,(H,22,25). The van der Waals surface area contributed by atoms with Gasteiger partial charge in [-0.3, -0.25) is 19.2 Å². The number of sulfonamides is 1. The topological polar surface area (TPSA) is 119 Å². The molecule has 0 heterocycles. The van der Waals surface area contributed by atoms with Gasteiger partial charge in [0.15, 0.2) is 0 Å². The van der Waals surface area contributed by atoms with E-state index in [1.165, 1.54) is 31.4 Å². The van der Waals surface area contributed by atoms with Gasteiger partial charge in [-0.2, -0.15) is 11.8 Å². The first-order valence-electron chi connectivity index (χ1n) is 9.51. The predicted octanol–water partition coefficient (Wildman–Crippen LogP) is 2.95. The summed E-state index contributed by atoms with van der Waals surface area (Å²) in [6.45, 7) is -0.210. The van der Waals surface area contributed by atoms with Gasteiger partial charge in [-0.25, -0.2) is 12.8 Å². The molecule has 0 aliphatic heterocycles. The second kappa shape index (κ2) is 11.7. The zero-order valence-corrected chi connectivity index (χ0v) is 19.2. The molecule has 0 bridgehead atoms. The van der Waals surface area contributed by atoms with Crippen LogP contribution in [0.3, 0.4) is 0 Å². The number of amides is 1. The molecule has 174 valence electrons. The Bertz CT molecular complexity index is 1050. The summed E-state index contributed by atoms with van der Waals surface area (Å²) in [5.41, 5.74) is 0.581. The number of nitrogens with zero attached hydrogens (tertiary/aromatic N) is 2. The van der Waals surface area contributed by atoms with Gasteiger partial charge < -0.3 is 10.1 Å². The molecule has 2 aromatic carbocycles. The number of nitro benzene ring substituents is 1. The van der Waals surface area contributed by atoms with Crippen LogP contribution in [0, 0.1) is 15.9 Å². The van der Waals surface area contributed by atoms with Gasteiger partial charge in [0.05, 0.1) is 18.3 Å². The van der Waals surface area contributed by atoms with Crippen LogP contribution in [0.5, 0.6) is 5.75 Å². The number of non-ortho nitro benzene ring substituents is 1. The molecular formula is C20H24FN3O6S2. The van der Waals surface area contributed by atoms with Crippen LogP contribution in [0.2, 0.25) is 0 Å². The van der Waals surface area contributed by atoms with E-state index in [2.05, 4.69) is 5.32 Å². The molecule has 0 radical (unpaired) electrons. The minimum Gasteiger partial charge on any atom is -0.495 e. The first kappa shape index (κ1) is 25.4. The SMILES string of the molecule is COc1ccc([N+](=O)[O-])cc1N(CC(=O)NCCCSCc1ccc(F)cc1)S(C)(=O)=O. The van der Waals surface area contributed by atoms with Crippen LogP contribution in [0.1, 0.15) is 12.0 Å². The lowest BCUT2D eigenvalue weighted by atomic mass is 10.2. The Hall–Kier alpha value is -2.86. The number of hydrogen-bond donors (Lipinski definition) is 1. The Kier molecular flexibility index (Phi) is 9.27. The van der Waals surface area contributed by atoms with Gasteiger partial charge in [0, 0.05) is 24.4 Å². The van der Waals surface area contributed by atoms with E-state index in [1.807, 2.05) is 0 Å². The molecule has 0 unspecified atom stereocenters. The molecule has 1 N–H and O–H groups in total. The van der Waals surface area contributed by atoms with Crippen LogP contribution in [-0.4, -0.2) is 51.5 Å². The van der Waals surface area contributed by atoms with Crippen molar-refractivity contribution in [2.75, 3.05) is 36.5 Å². The summed E-state index contributed by atoms with van der Waals surface area (Å²) < 4.78 is 43.4. The van der Waals surface area contributed by atoms with Crippen molar-refractivity contribution in [2.45, 2.75) is 12.2 Å². The molecule has 1 amide bonds. The van der Waals surface area contributed by atoms with Gasteiger partial charge in [0.2, 0.25) is 15.9 Å². The van der Waals surface area contributed by atoms with Crippen molar-refractivity contribution in [2.24, 2.45) is 0 Å². The van der Waals surface area contributed by atoms with Crippen LogP contribution < -0.4 is 14.4 Å². The molecule has 0 spiro atoms. The molecule has 9 nitrogen and oxygen atoms in total. The van der Waals surface area contributed by atoms with E-state index >= 15 is 0 Å². The van der Waals surface area contributed by atoms with E-state index in [-0.39, 0.29) is 22.9 Å². The molecular weight excluding hydrogens is 461 g/mol. The highest BCUT2D eigenvalue weighted by atomic mass is 32.2. The molecule has 0 aliphatic carbocycles. The third-order valence-corrected chi connectivity index (χ3v) is 6.54. The number of carbonyl (C=O) groups is 1. The average molecular weight is 486 g/mol. The summed E-state index contributed by atoms with van der Waals surface area (Å²) in [7, 11) is -2.62. The summed E-state index contributed by atoms with van der Waals surface area (Å²) in [6.07, 6.45) is 1.56. The van der Waals surface area contributed by atoms with E-state index in [1.54, 1.807) is 23.9 Å². The molecule has 0 atom stereocenters.